The minimum absolute atomic E-state index is 0.0138. The Balaban J connectivity index is 2.63. The summed E-state index contributed by atoms with van der Waals surface area (Å²) in [7, 11) is 0. The first kappa shape index (κ1) is 12.8. The minimum atomic E-state index is -1.28. The highest BCUT2D eigenvalue weighted by Gasteiger charge is 2.44. The van der Waals surface area contributed by atoms with Gasteiger partial charge in [-0.25, -0.2) is 9.59 Å². The zero-order chi connectivity index (χ0) is 12.4. The van der Waals surface area contributed by atoms with Crippen LogP contribution in [-0.4, -0.2) is 41.4 Å². The minimum Gasteiger partial charge on any atom is -0.479 e. The van der Waals surface area contributed by atoms with Gasteiger partial charge in [-0.2, -0.15) is 0 Å². The molecular weight excluding hydrogens is 212 g/mol. The van der Waals surface area contributed by atoms with Gasteiger partial charge in [0.05, 0.1) is 6.61 Å². The van der Waals surface area contributed by atoms with Crippen molar-refractivity contribution in [1.82, 2.24) is 10.6 Å². The van der Waals surface area contributed by atoms with Crippen molar-refractivity contribution in [2.75, 3.05) is 13.2 Å². The molecule has 0 aliphatic carbocycles. The Morgan fingerprint density at radius 1 is 1.38 bits per heavy atom. The number of hydrogen-bond donors (Lipinski definition) is 3. The summed E-state index contributed by atoms with van der Waals surface area (Å²) < 4.78 is 5.03. The lowest BCUT2D eigenvalue weighted by Crippen LogP contribution is -2.60. The molecule has 1 aliphatic rings. The number of carbonyl (C=O) groups excluding carboxylic acids is 1. The number of ether oxygens (including phenoxy) is 1. The number of carbonyl (C=O) groups is 2. The molecule has 6 nitrogen and oxygen atoms in total. The summed E-state index contributed by atoms with van der Waals surface area (Å²) in [5.74, 6) is -1.06. The molecule has 1 saturated heterocycles. The predicted molar refractivity (Wildman–Crippen MR) is 57.2 cm³/mol. The lowest BCUT2D eigenvalue weighted by molar-refractivity contribution is -0.144. The molecule has 2 amide bonds. The first-order valence-electron chi connectivity index (χ1n) is 5.17. The van der Waals surface area contributed by atoms with Gasteiger partial charge in [-0.3, -0.25) is 0 Å². The molecule has 0 bridgehead atoms. The first-order chi connectivity index (χ1) is 7.25. The fraction of sp³-hybridized carbons (Fsp3) is 0.800. The van der Waals surface area contributed by atoms with E-state index in [-0.39, 0.29) is 6.61 Å². The quantitative estimate of drug-likeness (QED) is 0.638. The van der Waals surface area contributed by atoms with E-state index < -0.39 is 23.1 Å². The molecule has 92 valence electrons. The largest absolute Gasteiger partial charge is 0.479 e. The van der Waals surface area contributed by atoms with Gasteiger partial charge in [-0.15, -0.1) is 0 Å². The number of amides is 2. The molecule has 0 aromatic rings. The van der Waals surface area contributed by atoms with Gasteiger partial charge in [0.15, 0.2) is 5.54 Å². The average Bonchev–Trinajstić information content (AvgIpc) is 2.49. The van der Waals surface area contributed by atoms with Gasteiger partial charge in [-0.1, -0.05) is 0 Å². The van der Waals surface area contributed by atoms with Crippen LogP contribution in [0.1, 0.15) is 27.2 Å². The van der Waals surface area contributed by atoms with E-state index in [1.807, 2.05) is 20.8 Å². The van der Waals surface area contributed by atoms with Gasteiger partial charge < -0.3 is 20.5 Å². The van der Waals surface area contributed by atoms with Gasteiger partial charge in [0.2, 0.25) is 0 Å². The molecule has 1 aliphatic heterocycles. The Morgan fingerprint density at radius 2 is 2.00 bits per heavy atom. The van der Waals surface area contributed by atoms with Gasteiger partial charge >= 0.3 is 12.0 Å². The number of carboxylic acids is 1. The topological polar surface area (TPSA) is 87.7 Å². The Bertz CT molecular complexity index is 290. The van der Waals surface area contributed by atoms with Crippen LogP contribution in [0.15, 0.2) is 0 Å². The maximum Gasteiger partial charge on any atom is 0.332 e. The van der Waals surface area contributed by atoms with Gasteiger partial charge in [0.25, 0.3) is 0 Å². The van der Waals surface area contributed by atoms with E-state index in [0.29, 0.717) is 13.0 Å². The Labute approximate surface area is 94.3 Å². The Morgan fingerprint density at radius 3 is 2.38 bits per heavy atom. The zero-order valence-corrected chi connectivity index (χ0v) is 9.79. The smallest absolute Gasteiger partial charge is 0.332 e. The fourth-order valence-corrected chi connectivity index (χ4v) is 1.47. The lowest BCUT2D eigenvalue weighted by atomic mass is 9.99. The molecule has 1 unspecified atom stereocenters. The number of nitrogens with one attached hydrogen (secondary N) is 2. The molecular formula is C10H18N2O4. The van der Waals surface area contributed by atoms with E-state index in [9.17, 15) is 9.59 Å². The first-order valence-corrected chi connectivity index (χ1v) is 5.17. The third-order valence-electron chi connectivity index (χ3n) is 2.27. The monoisotopic (exact) mass is 230 g/mol. The molecule has 0 radical (unpaired) electrons. The van der Waals surface area contributed by atoms with E-state index in [1.165, 1.54) is 0 Å². The summed E-state index contributed by atoms with van der Waals surface area (Å²) in [5.41, 5.74) is -1.68. The van der Waals surface area contributed by atoms with E-state index in [4.69, 9.17) is 9.84 Å². The molecule has 0 saturated carbocycles. The highest BCUT2D eigenvalue weighted by atomic mass is 16.5. The normalized spacial score (nSPS) is 25.2. The summed E-state index contributed by atoms with van der Waals surface area (Å²) in [5, 5.41) is 14.2. The molecule has 1 fully saturated rings. The van der Waals surface area contributed by atoms with E-state index in [2.05, 4.69) is 10.6 Å². The standard InChI is InChI=1S/C10H18N2O4/c1-9(2,3)11-8(15)12-10(7(13)14)4-5-16-6-10/h4-6H2,1-3H3,(H,13,14)(H2,11,12,15). The molecule has 16 heavy (non-hydrogen) atoms. The molecule has 0 spiro atoms. The second kappa shape index (κ2) is 4.29. The Kier molecular flexibility index (Phi) is 3.42. The zero-order valence-electron chi connectivity index (χ0n) is 9.79. The highest BCUT2D eigenvalue weighted by Crippen LogP contribution is 2.18. The van der Waals surface area contributed by atoms with Crippen LogP contribution in [0.3, 0.4) is 0 Å². The Hall–Kier alpha value is -1.30. The van der Waals surface area contributed by atoms with Crippen LogP contribution >= 0.6 is 0 Å². The molecule has 1 heterocycles. The van der Waals surface area contributed by atoms with Crippen LogP contribution in [-0.2, 0) is 9.53 Å². The van der Waals surface area contributed by atoms with Crippen LogP contribution in [0.5, 0.6) is 0 Å². The highest BCUT2D eigenvalue weighted by molar-refractivity contribution is 5.86. The van der Waals surface area contributed by atoms with E-state index >= 15 is 0 Å². The summed E-state index contributed by atoms with van der Waals surface area (Å²) in [6.07, 6.45) is 0.292. The molecule has 1 rings (SSSR count). The number of hydrogen-bond acceptors (Lipinski definition) is 3. The maximum atomic E-state index is 11.6. The van der Waals surface area contributed by atoms with E-state index in [0.717, 1.165) is 0 Å². The summed E-state index contributed by atoms with van der Waals surface area (Å²) in [6, 6.07) is -0.486. The van der Waals surface area contributed by atoms with Crippen molar-refractivity contribution in [2.24, 2.45) is 0 Å². The summed E-state index contributed by atoms with van der Waals surface area (Å²) in [6.45, 7) is 5.84. The number of urea groups is 1. The van der Waals surface area contributed by atoms with Crippen molar-refractivity contribution in [3.05, 3.63) is 0 Å². The summed E-state index contributed by atoms with van der Waals surface area (Å²) in [4.78, 5) is 22.7. The van der Waals surface area contributed by atoms with Crippen molar-refractivity contribution >= 4 is 12.0 Å². The van der Waals surface area contributed by atoms with E-state index in [1.54, 1.807) is 0 Å². The van der Waals surface area contributed by atoms with Crippen molar-refractivity contribution in [3.8, 4) is 0 Å². The second-order valence-electron chi connectivity index (χ2n) is 5.02. The molecule has 0 aromatic carbocycles. The number of aliphatic carboxylic acids is 1. The average molecular weight is 230 g/mol. The van der Waals surface area contributed by atoms with Gasteiger partial charge in [-0.05, 0) is 20.8 Å². The van der Waals surface area contributed by atoms with Crippen LogP contribution in [0.2, 0.25) is 0 Å². The van der Waals surface area contributed by atoms with Gasteiger partial charge in [0.1, 0.15) is 0 Å². The van der Waals surface area contributed by atoms with Crippen molar-refractivity contribution < 1.29 is 19.4 Å². The molecule has 0 aromatic heterocycles. The number of carboxylic acid groups (broad SMARTS) is 1. The maximum absolute atomic E-state index is 11.6. The summed E-state index contributed by atoms with van der Waals surface area (Å²) >= 11 is 0. The van der Waals surface area contributed by atoms with Crippen LogP contribution < -0.4 is 10.6 Å². The SMILES string of the molecule is CC(C)(C)NC(=O)NC1(C(=O)O)CCOC1. The third kappa shape index (κ3) is 3.10. The second-order valence-corrected chi connectivity index (χ2v) is 5.02. The fourth-order valence-electron chi connectivity index (χ4n) is 1.47. The van der Waals surface area contributed by atoms with Crippen LogP contribution in [0, 0.1) is 0 Å². The number of rotatable bonds is 2. The van der Waals surface area contributed by atoms with Gasteiger partial charge in [0, 0.05) is 18.6 Å². The lowest BCUT2D eigenvalue weighted by Gasteiger charge is -2.27. The van der Waals surface area contributed by atoms with Crippen LogP contribution in [0.4, 0.5) is 4.79 Å². The molecule has 3 N–H and O–H groups in total. The van der Waals surface area contributed by atoms with Crippen molar-refractivity contribution in [3.63, 3.8) is 0 Å². The molecule has 6 heteroatoms. The van der Waals surface area contributed by atoms with Crippen LogP contribution in [0.25, 0.3) is 0 Å². The molecule has 1 atom stereocenters. The predicted octanol–water partition coefficient (Wildman–Crippen LogP) is 0.328. The third-order valence-corrected chi connectivity index (χ3v) is 2.27. The van der Waals surface area contributed by atoms with Crippen molar-refractivity contribution in [2.45, 2.75) is 38.3 Å². The van der Waals surface area contributed by atoms with Crippen molar-refractivity contribution in [1.29, 1.82) is 0 Å².